The van der Waals surface area contributed by atoms with E-state index in [2.05, 4.69) is 24.0 Å². The number of halogens is 3. The Morgan fingerprint density at radius 2 is 2.12 bits per heavy atom. The molecule has 0 aliphatic rings. The highest BCUT2D eigenvalue weighted by Crippen LogP contribution is 2.29. The summed E-state index contributed by atoms with van der Waals surface area (Å²) in [5.41, 5.74) is 0.725. The Bertz CT molecular complexity index is 1010. The van der Waals surface area contributed by atoms with Crippen LogP contribution in [0.2, 0.25) is 0 Å². The van der Waals surface area contributed by atoms with Crippen LogP contribution in [0.5, 0.6) is 0 Å². The van der Waals surface area contributed by atoms with Crippen molar-refractivity contribution in [3.8, 4) is 11.4 Å². The van der Waals surface area contributed by atoms with Crippen molar-refractivity contribution >= 4 is 21.2 Å². The topological polar surface area (TPSA) is 85.7 Å². The van der Waals surface area contributed by atoms with Crippen LogP contribution in [-0.4, -0.2) is 35.7 Å². The maximum atomic E-state index is 12.5. The summed E-state index contributed by atoms with van der Waals surface area (Å²) < 4.78 is 59.5. The molecule has 0 radical (unpaired) electrons. The molecule has 1 unspecified atom stereocenters. The van der Waals surface area contributed by atoms with Crippen molar-refractivity contribution in [3.63, 3.8) is 0 Å². The van der Waals surface area contributed by atoms with Crippen LogP contribution in [-0.2, 0) is 15.9 Å². The van der Waals surface area contributed by atoms with Crippen LogP contribution >= 0.6 is 0 Å². The SMILES string of the molecule is CCS(C)(=O)=Nc1cn2ccc(-c3noc(C(F)(F)F)n3)cc2n1. The lowest BCUT2D eigenvalue weighted by Gasteiger charge is -1.97. The molecule has 0 saturated heterocycles. The van der Waals surface area contributed by atoms with Crippen molar-refractivity contribution in [1.29, 1.82) is 0 Å². The van der Waals surface area contributed by atoms with Gasteiger partial charge < -0.3 is 8.92 Å². The van der Waals surface area contributed by atoms with E-state index in [0.29, 0.717) is 17.0 Å². The third-order valence-electron chi connectivity index (χ3n) is 3.20. The normalized spacial score (nSPS) is 14.7. The van der Waals surface area contributed by atoms with E-state index in [4.69, 9.17) is 0 Å². The third kappa shape index (κ3) is 3.25. The van der Waals surface area contributed by atoms with Crippen LogP contribution in [0.4, 0.5) is 19.0 Å². The fraction of sp³-hybridized carbons (Fsp3) is 0.308. The number of imidazole rings is 1. The predicted octanol–water partition coefficient (Wildman–Crippen LogP) is 3.15. The first kappa shape index (κ1) is 16.4. The molecular formula is C13H12F3N5O2S. The molecule has 3 aromatic rings. The lowest BCUT2D eigenvalue weighted by molar-refractivity contribution is -0.159. The standard InChI is InChI=1S/C13H12F3N5O2S/c1-3-24(2,22)20-9-7-21-5-4-8(6-10(21)17-9)11-18-12(23-19-11)13(14,15)16/h4-7H,3H2,1-2H3. The average molecular weight is 359 g/mol. The lowest BCUT2D eigenvalue weighted by Crippen LogP contribution is -2.04. The number of alkyl halides is 3. The average Bonchev–Trinajstić information content (AvgIpc) is 3.11. The van der Waals surface area contributed by atoms with Gasteiger partial charge in [0.1, 0.15) is 5.65 Å². The van der Waals surface area contributed by atoms with Crippen molar-refractivity contribution < 1.29 is 21.9 Å². The Morgan fingerprint density at radius 3 is 2.75 bits per heavy atom. The Kier molecular flexibility index (Phi) is 3.82. The van der Waals surface area contributed by atoms with E-state index in [0.717, 1.165) is 0 Å². The Hall–Kier alpha value is -2.43. The van der Waals surface area contributed by atoms with Crippen LogP contribution in [0.1, 0.15) is 12.8 Å². The molecule has 128 valence electrons. The van der Waals surface area contributed by atoms with Gasteiger partial charge >= 0.3 is 12.1 Å². The minimum atomic E-state index is -4.70. The molecule has 0 aromatic carbocycles. The van der Waals surface area contributed by atoms with Gasteiger partial charge in [-0.05, 0) is 12.1 Å². The molecule has 0 spiro atoms. The first-order valence-corrected chi connectivity index (χ1v) is 8.87. The van der Waals surface area contributed by atoms with Gasteiger partial charge in [0, 0.05) is 23.8 Å². The summed E-state index contributed by atoms with van der Waals surface area (Å²) in [5.74, 6) is -0.940. The monoisotopic (exact) mass is 359 g/mol. The number of fused-ring (bicyclic) bond motifs is 1. The second-order valence-corrected chi connectivity index (χ2v) is 7.72. The smallest absolute Gasteiger partial charge is 0.329 e. The number of hydrogen-bond acceptors (Lipinski definition) is 6. The van der Waals surface area contributed by atoms with Gasteiger partial charge in [-0.25, -0.2) is 9.19 Å². The van der Waals surface area contributed by atoms with Gasteiger partial charge in [0.15, 0.2) is 5.82 Å². The van der Waals surface area contributed by atoms with Crippen molar-refractivity contribution in [2.24, 2.45) is 4.36 Å². The lowest BCUT2D eigenvalue weighted by atomic mass is 10.2. The quantitative estimate of drug-likeness (QED) is 0.717. The Labute approximate surface area is 134 Å². The molecule has 7 nitrogen and oxygen atoms in total. The molecule has 0 aliphatic heterocycles. The van der Waals surface area contributed by atoms with E-state index in [1.807, 2.05) is 0 Å². The molecule has 3 rings (SSSR count). The van der Waals surface area contributed by atoms with E-state index in [1.165, 1.54) is 18.4 Å². The zero-order valence-electron chi connectivity index (χ0n) is 12.6. The first-order chi connectivity index (χ1) is 11.2. The van der Waals surface area contributed by atoms with Crippen LogP contribution in [0.15, 0.2) is 33.4 Å². The van der Waals surface area contributed by atoms with E-state index in [1.54, 1.807) is 23.7 Å². The van der Waals surface area contributed by atoms with Crippen LogP contribution in [0.25, 0.3) is 17.0 Å². The zero-order valence-corrected chi connectivity index (χ0v) is 13.4. The minimum Gasteiger partial charge on any atom is -0.329 e. The van der Waals surface area contributed by atoms with Crippen LogP contribution < -0.4 is 0 Å². The van der Waals surface area contributed by atoms with Gasteiger partial charge in [-0.1, -0.05) is 12.1 Å². The van der Waals surface area contributed by atoms with E-state index in [9.17, 15) is 17.4 Å². The Morgan fingerprint density at radius 1 is 1.38 bits per heavy atom. The molecular weight excluding hydrogens is 347 g/mol. The molecule has 3 aromatic heterocycles. The molecule has 24 heavy (non-hydrogen) atoms. The highest BCUT2D eigenvalue weighted by atomic mass is 32.2. The van der Waals surface area contributed by atoms with Gasteiger partial charge in [-0.15, -0.1) is 0 Å². The summed E-state index contributed by atoms with van der Waals surface area (Å²) in [4.78, 5) is 7.53. The van der Waals surface area contributed by atoms with Crippen LogP contribution in [0.3, 0.4) is 0 Å². The molecule has 1 atom stereocenters. The maximum absolute atomic E-state index is 12.5. The van der Waals surface area contributed by atoms with Gasteiger partial charge in [-0.2, -0.15) is 22.5 Å². The van der Waals surface area contributed by atoms with Crippen molar-refractivity contribution in [1.82, 2.24) is 19.5 Å². The van der Waals surface area contributed by atoms with Gasteiger partial charge in [-0.3, -0.25) is 0 Å². The highest BCUT2D eigenvalue weighted by molar-refractivity contribution is 7.93. The Balaban J connectivity index is 2.02. The second kappa shape index (κ2) is 5.58. The molecule has 11 heteroatoms. The molecule has 0 fully saturated rings. The number of nitrogens with zero attached hydrogens (tertiary/aromatic N) is 5. The summed E-state index contributed by atoms with van der Waals surface area (Å²) in [6, 6.07) is 3.01. The van der Waals surface area contributed by atoms with Gasteiger partial charge in [0.2, 0.25) is 5.82 Å². The molecule has 0 amide bonds. The fourth-order valence-electron chi connectivity index (χ4n) is 1.87. The minimum absolute atomic E-state index is 0.195. The van der Waals surface area contributed by atoms with E-state index in [-0.39, 0.29) is 11.6 Å². The van der Waals surface area contributed by atoms with Gasteiger partial charge in [0.25, 0.3) is 0 Å². The summed E-state index contributed by atoms with van der Waals surface area (Å²) in [6.07, 6.45) is -0.0182. The number of hydrogen-bond donors (Lipinski definition) is 0. The molecule has 0 saturated carbocycles. The largest absolute Gasteiger partial charge is 0.471 e. The van der Waals surface area contributed by atoms with E-state index >= 15 is 0 Å². The summed E-state index contributed by atoms with van der Waals surface area (Å²) in [6.45, 7) is 1.76. The van der Waals surface area contributed by atoms with Crippen molar-refractivity contribution in [2.45, 2.75) is 13.1 Å². The van der Waals surface area contributed by atoms with Gasteiger partial charge in [0.05, 0.1) is 15.9 Å². The number of rotatable bonds is 3. The highest BCUT2D eigenvalue weighted by Gasteiger charge is 2.38. The van der Waals surface area contributed by atoms with Crippen molar-refractivity contribution in [2.75, 3.05) is 12.0 Å². The van der Waals surface area contributed by atoms with Crippen LogP contribution in [0, 0.1) is 0 Å². The number of aromatic nitrogens is 4. The number of pyridine rings is 1. The summed E-state index contributed by atoms with van der Waals surface area (Å²) >= 11 is 0. The summed E-state index contributed by atoms with van der Waals surface area (Å²) in [5, 5.41) is 3.33. The molecule has 0 aliphatic carbocycles. The third-order valence-corrected chi connectivity index (χ3v) is 4.84. The molecule has 3 heterocycles. The fourth-order valence-corrected chi connectivity index (χ4v) is 2.48. The summed E-state index contributed by atoms with van der Waals surface area (Å²) in [7, 11) is -2.36. The van der Waals surface area contributed by atoms with E-state index < -0.39 is 21.8 Å². The van der Waals surface area contributed by atoms with Crippen molar-refractivity contribution in [3.05, 3.63) is 30.4 Å². The zero-order chi connectivity index (χ0) is 17.5. The predicted molar refractivity (Wildman–Crippen MR) is 80.2 cm³/mol. The molecule has 0 bridgehead atoms. The maximum Gasteiger partial charge on any atom is 0.471 e. The molecule has 0 N–H and O–H groups in total. The first-order valence-electron chi connectivity index (χ1n) is 6.78. The second-order valence-electron chi connectivity index (χ2n) is 5.04.